The number of rotatable bonds is 2. The van der Waals surface area contributed by atoms with Gasteiger partial charge < -0.3 is 11.1 Å². The molecule has 104 valence electrons. The molecule has 0 unspecified atom stereocenters. The lowest BCUT2D eigenvalue weighted by molar-refractivity contribution is 0.102. The van der Waals surface area contributed by atoms with E-state index >= 15 is 0 Å². The fourth-order valence-corrected chi connectivity index (χ4v) is 2.15. The van der Waals surface area contributed by atoms with Crippen LogP contribution in [-0.2, 0) is 0 Å². The number of nitrogens with one attached hydrogen (secondary N) is 1. The fourth-order valence-electron chi connectivity index (χ4n) is 1.74. The van der Waals surface area contributed by atoms with E-state index in [4.69, 9.17) is 28.9 Å². The van der Waals surface area contributed by atoms with Crippen molar-refractivity contribution in [1.29, 1.82) is 0 Å². The van der Waals surface area contributed by atoms with Gasteiger partial charge in [0, 0.05) is 5.69 Å². The maximum absolute atomic E-state index is 13.7. The zero-order valence-corrected chi connectivity index (χ0v) is 12.0. The number of carbonyl (C=O) groups excluding carboxylic acids is 1. The first kappa shape index (κ1) is 14.6. The summed E-state index contributed by atoms with van der Waals surface area (Å²) in [6.45, 7) is 1.76. The highest BCUT2D eigenvalue weighted by Gasteiger charge is 2.17. The Labute approximate surface area is 125 Å². The quantitative estimate of drug-likeness (QED) is 0.813. The van der Waals surface area contributed by atoms with Crippen LogP contribution in [0.2, 0.25) is 10.0 Å². The summed E-state index contributed by atoms with van der Waals surface area (Å²) in [6, 6.07) is 7.19. The molecule has 0 atom stereocenters. The highest BCUT2D eigenvalue weighted by Crippen LogP contribution is 2.28. The SMILES string of the molecule is Cc1cc(N)c(Cl)cc1NC(=O)c1c(F)cccc1Cl. The minimum absolute atomic E-state index is 0.0432. The normalized spacial score (nSPS) is 10.4. The summed E-state index contributed by atoms with van der Waals surface area (Å²) >= 11 is 11.7. The van der Waals surface area contributed by atoms with Crippen LogP contribution in [0.25, 0.3) is 0 Å². The third kappa shape index (κ3) is 2.86. The maximum atomic E-state index is 13.7. The Kier molecular flexibility index (Phi) is 4.16. The molecular weight excluding hydrogens is 302 g/mol. The van der Waals surface area contributed by atoms with Crippen LogP contribution in [0.1, 0.15) is 15.9 Å². The zero-order chi connectivity index (χ0) is 14.9. The molecule has 0 heterocycles. The van der Waals surface area contributed by atoms with Crippen LogP contribution in [0, 0.1) is 12.7 Å². The molecule has 20 heavy (non-hydrogen) atoms. The van der Waals surface area contributed by atoms with Gasteiger partial charge in [0.05, 0.1) is 21.3 Å². The summed E-state index contributed by atoms with van der Waals surface area (Å²) in [5.74, 6) is -1.33. The van der Waals surface area contributed by atoms with E-state index in [1.807, 2.05) is 0 Å². The molecule has 0 radical (unpaired) electrons. The standard InChI is InChI=1S/C14H11Cl2FN2O/c1-7-5-11(18)9(16)6-12(7)19-14(20)13-8(15)3-2-4-10(13)17/h2-6H,18H2,1H3,(H,19,20). The van der Waals surface area contributed by atoms with Gasteiger partial charge in [0.1, 0.15) is 5.82 Å². The number of anilines is 2. The van der Waals surface area contributed by atoms with Gasteiger partial charge in [0.15, 0.2) is 0 Å². The zero-order valence-electron chi connectivity index (χ0n) is 10.5. The Morgan fingerprint density at radius 2 is 1.95 bits per heavy atom. The summed E-state index contributed by atoms with van der Waals surface area (Å²) in [5, 5.41) is 2.93. The van der Waals surface area contributed by atoms with Gasteiger partial charge in [0.25, 0.3) is 5.91 Å². The van der Waals surface area contributed by atoms with E-state index in [0.29, 0.717) is 22.0 Å². The largest absolute Gasteiger partial charge is 0.398 e. The van der Waals surface area contributed by atoms with Crippen LogP contribution in [0.3, 0.4) is 0 Å². The molecule has 0 saturated carbocycles. The van der Waals surface area contributed by atoms with Crippen molar-refractivity contribution in [2.75, 3.05) is 11.1 Å². The van der Waals surface area contributed by atoms with Crippen molar-refractivity contribution in [2.45, 2.75) is 6.92 Å². The second kappa shape index (κ2) is 5.69. The average molecular weight is 313 g/mol. The van der Waals surface area contributed by atoms with Gasteiger partial charge in [-0.05, 0) is 36.8 Å². The van der Waals surface area contributed by atoms with E-state index in [1.54, 1.807) is 13.0 Å². The van der Waals surface area contributed by atoms with Crippen molar-refractivity contribution < 1.29 is 9.18 Å². The van der Waals surface area contributed by atoms with Crippen molar-refractivity contribution in [2.24, 2.45) is 0 Å². The Morgan fingerprint density at radius 1 is 1.25 bits per heavy atom. The molecule has 0 bridgehead atoms. The second-order valence-electron chi connectivity index (χ2n) is 4.24. The lowest BCUT2D eigenvalue weighted by Crippen LogP contribution is -2.15. The number of nitrogen functional groups attached to an aromatic ring is 1. The van der Waals surface area contributed by atoms with E-state index < -0.39 is 11.7 Å². The highest BCUT2D eigenvalue weighted by molar-refractivity contribution is 6.35. The summed E-state index contributed by atoms with van der Waals surface area (Å²) in [5.41, 5.74) is 7.02. The van der Waals surface area contributed by atoms with Crippen LogP contribution in [0.5, 0.6) is 0 Å². The van der Waals surface area contributed by atoms with Gasteiger partial charge in [-0.15, -0.1) is 0 Å². The number of benzene rings is 2. The van der Waals surface area contributed by atoms with E-state index in [1.165, 1.54) is 24.3 Å². The number of halogens is 3. The molecule has 3 nitrogen and oxygen atoms in total. The third-order valence-corrected chi connectivity index (χ3v) is 3.42. The molecule has 3 N–H and O–H groups in total. The number of hydrogen-bond acceptors (Lipinski definition) is 2. The van der Waals surface area contributed by atoms with Gasteiger partial charge in [0.2, 0.25) is 0 Å². The molecule has 2 rings (SSSR count). The van der Waals surface area contributed by atoms with E-state index in [2.05, 4.69) is 5.32 Å². The van der Waals surface area contributed by atoms with Gasteiger partial charge >= 0.3 is 0 Å². The molecule has 2 aromatic rings. The van der Waals surface area contributed by atoms with Crippen LogP contribution in [0.4, 0.5) is 15.8 Å². The first-order chi connectivity index (χ1) is 9.40. The molecule has 0 aliphatic rings. The van der Waals surface area contributed by atoms with Gasteiger partial charge in [-0.2, -0.15) is 0 Å². The summed E-state index contributed by atoms with van der Waals surface area (Å²) in [7, 11) is 0. The molecule has 0 spiro atoms. The Bertz CT molecular complexity index is 669. The first-order valence-electron chi connectivity index (χ1n) is 5.71. The first-order valence-corrected chi connectivity index (χ1v) is 6.46. The maximum Gasteiger partial charge on any atom is 0.260 e. The van der Waals surface area contributed by atoms with Gasteiger partial charge in [-0.25, -0.2) is 4.39 Å². The van der Waals surface area contributed by atoms with Crippen LogP contribution in [0.15, 0.2) is 30.3 Å². The summed E-state index contributed by atoms with van der Waals surface area (Å²) in [6.07, 6.45) is 0. The van der Waals surface area contributed by atoms with E-state index in [9.17, 15) is 9.18 Å². The van der Waals surface area contributed by atoms with Crippen LogP contribution >= 0.6 is 23.2 Å². The van der Waals surface area contributed by atoms with Gasteiger partial charge in [-0.1, -0.05) is 29.3 Å². The Hall–Kier alpha value is -1.78. The lowest BCUT2D eigenvalue weighted by atomic mass is 10.1. The Morgan fingerprint density at radius 3 is 2.60 bits per heavy atom. The molecule has 0 aliphatic heterocycles. The molecule has 0 saturated heterocycles. The number of amides is 1. The van der Waals surface area contributed by atoms with Crippen LogP contribution in [-0.4, -0.2) is 5.91 Å². The summed E-state index contributed by atoms with van der Waals surface area (Å²) in [4.78, 5) is 12.1. The molecule has 6 heteroatoms. The predicted octanol–water partition coefficient (Wildman–Crippen LogP) is 4.28. The highest BCUT2D eigenvalue weighted by atomic mass is 35.5. The lowest BCUT2D eigenvalue weighted by Gasteiger charge is -2.11. The van der Waals surface area contributed by atoms with E-state index in [0.717, 1.165) is 0 Å². The topological polar surface area (TPSA) is 55.1 Å². The van der Waals surface area contributed by atoms with Gasteiger partial charge in [-0.3, -0.25) is 4.79 Å². The molecular formula is C14H11Cl2FN2O. The molecule has 1 amide bonds. The third-order valence-electron chi connectivity index (χ3n) is 2.78. The van der Waals surface area contributed by atoms with Crippen molar-refractivity contribution >= 4 is 40.5 Å². The Balaban J connectivity index is 2.35. The fraction of sp³-hybridized carbons (Fsp3) is 0.0714. The molecule has 0 aromatic heterocycles. The number of carbonyl (C=O) groups is 1. The van der Waals surface area contributed by atoms with Crippen LogP contribution < -0.4 is 11.1 Å². The van der Waals surface area contributed by atoms with Crippen molar-refractivity contribution in [1.82, 2.24) is 0 Å². The van der Waals surface area contributed by atoms with Crippen molar-refractivity contribution in [3.8, 4) is 0 Å². The number of nitrogens with two attached hydrogens (primary N) is 1. The number of hydrogen-bond donors (Lipinski definition) is 2. The average Bonchev–Trinajstić information content (AvgIpc) is 2.35. The number of aryl methyl sites for hydroxylation is 1. The minimum atomic E-state index is -0.686. The van der Waals surface area contributed by atoms with E-state index in [-0.39, 0.29) is 10.6 Å². The predicted molar refractivity (Wildman–Crippen MR) is 80.0 cm³/mol. The minimum Gasteiger partial charge on any atom is -0.398 e. The van der Waals surface area contributed by atoms with Crippen molar-refractivity contribution in [3.05, 3.63) is 57.3 Å². The molecule has 0 aliphatic carbocycles. The molecule has 2 aromatic carbocycles. The second-order valence-corrected chi connectivity index (χ2v) is 5.05. The summed E-state index contributed by atoms with van der Waals surface area (Å²) < 4.78 is 13.7. The monoisotopic (exact) mass is 312 g/mol. The smallest absolute Gasteiger partial charge is 0.260 e. The molecule has 0 fully saturated rings. The van der Waals surface area contributed by atoms with Crippen molar-refractivity contribution in [3.63, 3.8) is 0 Å².